The number of rotatable bonds is 6. The summed E-state index contributed by atoms with van der Waals surface area (Å²) in [5, 5.41) is 10.1. The highest BCUT2D eigenvalue weighted by atomic mass is 16.5. The molecule has 0 spiro atoms. The number of unbranched alkanes of at least 4 members (excludes halogenated alkanes) is 1. The van der Waals surface area contributed by atoms with Crippen molar-refractivity contribution in [2.24, 2.45) is 0 Å². The highest BCUT2D eigenvalue weighted by Crippen LogP contribution is 2.13. The van der Waals surface area contributed by atoms with Gasteiger partial charge in [0.1, 0.15) is 11.6 Å². The molecule has 0 saturated heterocycles. The van der Waals surface area contributed by atoms with Crippen molar-refractivity contribution in [3.05, 3.63) is 24.1 Å². The summed E-state index contributed by atoms with van der Waals surface area (Å²) in [6.45, 7) is 4.90. The van der Waals surface area contributed by atoms with Gasteiger partial charge in [-0.25, -0.2) is 4.98 Å². The second-order valence-electron chi connectivity index (χ2n) is 3.99. The van der Waals surface area contributed by atoms with Crippen LogP contribution in [0.1, 0.15) is 25.5 Å². The first kappa shape index (κ1) is 12.3. The van der Waals surface area contributed by atoms with Gasteiger partial charge in [0.25, 0.3) is 0 Å². The molecule has 0 aliphatic carbocycles. The van der Waals surface area contributed by atoms with Gasteiger partial charge in [0.15, 0.2) is 5.82 Å². The van der Waals surface area contributed by atoms with Gasteiger partial charge in [0.05, 0.1) is 0 Å². The molecule has 0 unspecified atom stereocenters. The third kappa shape index (κ3) is 3.44. The van der Waals surface area contributed by atoms with Crippen LogP contribution in [0.3, 0.4) is 0 Å². The van der Waals surface area contributed by atoms with Crippen molar-refractivity contribution in [2.75, 3.05) is 17.2 Å². The third-order valence-corrected chi connectivity index (χ3v) is 2.36. The molecule has 0 radical (unpaired) electrons. The van der Waals surface area contributed by atoms with E-state index in [-0.39, 0.29) is 0 Å². The van der Waals surface area contributed by atoms with Gasteiger partial charge in [-0.1, -0.05) is 18.5 Å². The minimum atomic E-state index is 0.504. The van der Waals surface area contributed by atoms with E-state index < -0.39 is 0 Å². The Balaban J connectivity index is 1.98. The number of aryl methyl sites for hydroxylation is 1. The van der Waals surface area contributed by atoms with Crippen LogP contribution < -0.4 is 10.6 Å². The number of hydrogen-bond donors (Lipinski definition) is 2. The lowest BCUT2D eigenvalue weighted by atomic mass is 10.3. The summed E-state index contributed by atoms with van der Waals surface area (Å²) in [7, 11) is 0. The van der Waals surface area contributed by atoms with Gasteiger partial charge < -0.3 is 15.2 Å². The zero-order valence-electron chi connectivity index (χ0n) is 10.6. The van der Waals surface area contributed by atoms with Gasteiger partial charge in [0, 0.05) is 18.8 Å². The second-order valence-corrected chi connectivity index (χ2v) is 3.99. The molecule has 6 heteroatoms. The molecule has 0 saturated carbocycles. The van der Waals surface area contributed by atoms with Crippen LogP contribution in [0.25, 0.3) is 0 Å². The summed E-state index contributed by atoms with van der Waals surface area (Å²) >= 11 is 0. The van der Waals surface area contributed by atoms with Gasteiger partial charge in [-0.3, -0.25) is 0 Å². The molecule has 0 bridgehead atoms. The van der Waals surface area contributed by atoms with Crippen LogP contribution >= 0.6 is 0 Å². The maximum Gasteiger partial charge on any atom is 0.230 e. The van der Waals surface area contributed by atoms with Crippen molar-refractivity contribution in [1.29, 1.82) is 0 Å². The molecule has 2 rings (SSSR count). The molecule has 0 aliphatic rings. The fourth-order valence-corrected chi connectivity index (χ4v) is 1.45. The highest BCUT2D eigenvalue weighted by molar-refractivity contribution is 5.49. The lowest BCUT2D eigenvalue weighted by Gasteiger charge is -2.06. The molecule has 18 heavy (non-hydrogen) atoms. The van der Waals surface area contributed by atoms with Crippen molar-refractivity contribution in [1.82, 2.24) is 15.1 Å². The summed E-state index contributed by atoms with van der Waals surface area (Å²) in [4.78, 5) is 8.46. The first-order valence-corrected chi connectivity index (χ1v) is 6.05. The van der Waals surface area contributed by atoms with E-state index in [1.807, 2.05) is 13.0 Å². The summed E-state index contributed by atoms with van der Waals surface area (Å²) in [5.74, 6) is 2.67. The van der Waals surface area contributed by atoms with E-state index in [0.717, 1.165) is 31.0 Å². The molecule has 2 N–H and O–H groups in total. The topological polar surface area (TPSA) is 75.9 Å². The number of nitrogens with one attached hydrogen (secondary N) is 2. The third-order valence-electron chi connectivity index (χ3n) is 2.36. The molecule has 96 valence electrons. The normalized spacial score (nSPS) is 10.3. The number of anilines is 3. The molecule has 0 fully saturated rings. The van der Waals surface area contributed by atoms with Crippen LogP contribution in [-0.2, 0) is 0 Å². The van der Waals surface area contributed by atoms with E-state index in [4.69, 9.17) is 4.52 Å². The van der Waals surface area contributed by atoms with E-state index >= 15 is 0 Å². The quantitative estimate of drug-likeness (QED) is 0.764. The van der Waals surface area contributed by atoms with Crippen LogP contribution in [-0.4, -0.2) is 21.7 Å². The maximum absolute atomic E-state index is 4.96. The Morgan fingerprint density at radius 3 is 2.94 bits per heavy atom. The predicted octanol–water partition coefficient (Wildman–Crippen LogP) is 2.73. The molecule has 2 heterocycles. The molecular formula is C12H17N5O. The lowest BCUT2D eigenvalue weighted by molar-refractivity contribution is 0.400. The van der Waals surface area contributed by atoms with Crippen molar-refractivity contribution >= 4 is 17.6 Å². The van der Waals surface area contributed by atoms with Crippen LogP contribution in [0.5, 0.6) is 0 Å². The fraction of sp³-hybridized carbons (Fsp3) is 0.417. The first-order chi connectivity index (χ1) is 8.78. The summed E-state index contributed by atoms with van der Waals surface area (Å²) < 4.78 is 4.96. The SMILES string of the molecule is CCCCNc1ccnc(Nc2cc(C)on2)n1. The Morgan fingerprint density at radius 2 is 2.22 bits per heavy atom. The monoisotopic (exact) mass is 247 g/mol. The molecular weight excluding hydrogens is 230 g/mol. The van der Waals surface area contributed by atoms with E-state index in [1.165, 1.54) is 0 Å². The van der Waals surface area contributed by atoms with Crippen molar-refractivity contribution < 1.29 is 4.52 Å². The Morgan fingerprint density at radius 1 is 1.33 bits per heavy atom. The Kier molecular flexibility index (Phi) is 4.11. The van der Waals surface area contributed by atoms with Crippen molar-refractivity contribution in [2.45, 2.75) is 26.7 Å². The van der Waals surface area contributed by atoms with E-state index in [1.54, 1.807) is 12.3 Å². The molecule has 0 atom stereocenters. The van der Waals surface area contributed by atoms with Gasteiger partial charge in [-0.15, -0.1) is 0 Å². The summed E-state index contributed by atoms with van der Waals surface area (Å²) in [6.07, 6.45) is 3.98. The predicted molar refractivity (Wildman–Crippen MR) is 70.0 cm³/mol. The number of hydrogen-bond acceptors (Lipinski definition) is 6. The average Bonchev–Trinajstić information content (AvgIpc) is 2.76. The maximum atomic E-state index is 4.96. The first-order valence-electron chi connectivity index (χ1n) is 6.05. The smallest absolute Gasteiger partial charge is 0.230 e. The lowest BCUT2D eigenvalue weighted by Crippen LogP contribution is -2.05. The summed E-state index contributed by atoms with van der Waals surface area (Å²) in [5.41, 5.74) is 0. The largest absolute Gasteiger partial charge is 0.370 e. The zero-order chi connectivity index (χ0) is 12.8. The van der Waals surface area contributed by atoms with Crippen molar-refractivity contribution in [3.63, 3.8) is 0 Å². The number of aromatic nitrogens is 3. The fourth-order valence-electron chi connectivity index (χ4n) is 1.45. The highest BCUT2D eigenvalue weighted by Gasteiger charge is 2.03. The zero-order valence-corrected chi connectivity index (χ0v) is 10.6. The minimum absolute atomic E-state index is 0.504. The average molecular weight is 247 g/mol. The van der Waals surface area contributed by atoms with Crippen LogP contribution in [0.2, 0.25) is 0 Å². The van der Waals surface area contributed by atoms with Crippen LogP contribution in [0, 0.1) is 6.92 Å². The molecule has 2 aromatic rings. The second kappa shape index (κ2) is 6.00. The van der Waals surface area contributed by atoms with Gasteiger partial charge in [-0.2, -0.15) is 4.98 Å². The van der Waals surface area contributed by atoms with Crippen LogP contribution in [0.15, 0.2) is 22.9 Å². The number of nitrogens with zero attached hydrogens (tertiary/aromatic N) is 3. The van der Waals surface area contributed by atoms with Crippen molar-refractivity contribution in [3.8, 4) is 0 Å². The van der Waals surface area contributed by atoms with E-state index in [9.17, 15) is 0 Å². The Bertz CT molecular complexity index is 497. The molecule has 2 aromatic heterocycles. The Hall–Kier alpha value is -2.11. The molecule has 0 aromatic carbocycles. The van der Waals surface area contributed by atoms with E-state index in [0.29, 0.717) is 11.8 Å². The summed E-state index contributed by atoms with van der Waals surface area (Å²) in [6, 6.07) is 3.63. The van der Waals surface area contributed by atoms with Gasteiger partial charge in [0.2, 0.25) is 5.95 Å². The standard InChI is InChI=1S/C12H17N5O/c1-3-4-6-13-10-5-7-14-12(15-10)16-11-8-9(2)18-17-11/h5,7-8H,3-4,6H2,1-2H3,(H2,13,14,15,16,17). The molecule has 0 aliphatic heterocycles. The van der Waals surface area contributed by atoms with Gasteiger partial charge >= 0.3 is 0 Å². The molecule has 6 nitrogen and oxygen atoms in total. The van der Waals surface area contributed by atoms with E-state index in [2.05, 4.69) is 32.7 Å². The van der Waals surface area contributed by atoms with Crippen LogP contribution in [0.4, 0.5) is 17.6 Å². The Labute approximate surface area is 106 Å². The van der Waals surface area contributed by atoms with Gasteiger partial charge in [-0.05, 0) is 19.4 Å². The molecule has 0 amide bonds. The minimum Gasteiger partial charge on any atom is -0.370 e.